The Labute approximate surface area is 152 Å². The van der Waals surface area contributed by atoms with Gasteiger partial charge in [0.25, 0.3) is 0 Å². The second-order valence-corrected chi connectivity index (χ2v) is 6.32. The van der Waals surface area contributed by atoms with Gasteiger partial charge in [0, 0.05) is 12.2 Å². The average Bonchev–Trinajstić information content (AvgIpc) is 3.07. The van der Waals surface area contributed by atoms with Crippen LogP contribution in [-0.2, 0) is 22.4 Å². The van der Waals surface area contributed by atoms with Crippen LogP contribution in [0.5, 0.6) is 5.75 Å². The van der Waals surface area contributed by atoms with Crippen LogP contribution in [0.1, 0.15) is 16.7 Å². The Bertz CT molecular complexity index is 834. The summed E-state index contributed by atoms with van der Waals surface area (Å²) < 4.78 is 9.48. The van der Waals surface area contributed by atoms with E-state index in [0.717, 1.165) is 23.2 Å². The largest absolute Gasteiger partial charge is 0.513 e. The molecule has 2 aromatic rings. The van der Waals surface area contributed by atoms with Crippen molar-refractivity contribution in [3.8, 4) is 5.75 Å². The van der Waals surface area contributed by atoms with E-state index in [1.165, 1.54) is 12.7 Å². The van der Waals surface area contributed by atoms with Gasteiger partial charge in [-0.25, -0.2) is 4.79 Å². The first kappa shape index (κ1) is 17.9. The molecule has 3 rings (SSSR count). The molecule has 1 amide bonds. The van der Waals surface area contributed by atoms with Crippen LogP contribution in [0.4, 0.5) is 10.5 Å². The highest BCUT2D eigenvalue weighted by atomic mass is 16.7. The number of ether oxygens (including phenoxy) is 2. The minimum atomic E-state index is -0.767. The van der Waals surface area contributed by atoms with E-state index in [1.54, 1.807) is 17.0 Å². The Hall–Kier alpha value is -2.86. The van der Waals surface area contributed by atoms with Gasteiger partial charge in [-0.15, -0.1) is 0 Å². The van der Waals surface area contributed by atoms with E-state index in [-0.39, 0.29) is 5.91 Å². The Morgan fingerprint density at radius 2 is 2.00 bits per heavy atom. The van der Waals surface area contributed by atoms with Gasteiger partial charge in [0.15, 0.2) is 0 Å². The van der Waals surface area contributed by atoms with Crippen molar-refractivity contribution in [1.29, 1.82) is 0 Å². The van der Waals surface area contributed by atoms with Crippen molar-refractivity contribution in [1.82, 2.24) is 0 Å². The number of nitrogens with zero attached hydrogens (tertiary/aromatic N) is 1. The second kappa shape index (κ2) is 7.58. The Morgan fingerprint density at radius 1 is 1.23 bits per heavy atom. The van der Waals surface area contributed by atoms with E-state index in [4.69, 9.17) is 10.5 Å². The number of methoxy groups -OCH3 is 1. The molecule has 1 atom stereocenters. The number of amides is 1. The summed E-state index contributed by atoms with van der Waals surface area (Å²) in [4.78, 5) is 25.7. The van der Waals surface area contributed by atoms with Crippen LogP contribution in [0, 0.1) is 6.92 Å². The van der Waals surface area contributed by atoms with Crippen LogP contribution in [0.15, 0.2) is 42.5 Å². The SMILES string of the molecule is COC(=O)Oc1ccc(C[C@@H](N)C(=O)N2CCc3ccccc32)c(C)c1. The van der Waals surface area contributed by atoms with E-state index in [1.807, 2.05) is 37.3 Å². The topological polar surface area (TPSA) is 81.9 Å². The van der Waals surface area contributed by atoms with Crippen LogP contribution in [0.25, 0.3) is 0 Å². The van der Waals surface area contributed by atoms with E-state index in [0.29, 0.717) is 18.7 Å². The van der Waals surface area contributed by atoms with Crippen LogP contribution >= 0.6 is 0 Å². The number of benzene rings is 2. The number of nitrogens with two attached hydrogens (primary N) is 1. The molecule has 0 aliphatic carbocycles. The molecule has 2 N–H and O–H groups in total. The maximum Gasteiger partial charge on any atom is 0.513 e. The van der Waals surface area contributed by atoms with Gasteiger partial charge in [-0.2, -0.15) is 0 Å². The van der Waals surface area contributed by atoms with Crippen molar-refractivity contribution in [2.45, 2.75) is 25.8 Å². The predicted octanol–water partition coefficient (Wildman–Crippen LogP) is 2.60. The van der Waals surface area contributed by atoms with Crippen molar-refractivity contribution in [3.05, 3.63) is 59.2 Å². The minimum Gasteiger partial charge on any atom is -0.437 e. The fourth-order valence-electron chi connectivity index (χ4n) is 3.19. The molecule has 0 unspecified atom stereocenters. The van der Waals surface area contributed by atoms with Crippen molar-refractivity contribution >= 4 is 17.7 Å². The second-order valence-electron chi connectivity index (χ2n) is 6.32. The lowest BCUT2D eigenvalue weighted by Crippen LogP contribution is -2.44. The number of hydrogen-bond acceptors (Lipinski definition) is 5. The van der Waals surface area contributed by atoms with Gasteiger partial charge in [-0.05, 0) is 54.7 Å². The average molecular weight is 354 g/mol. The van der Waals surface area contributed by atoms with Gasteiger partial charge < -0.3 is 20.1 Å². The van der Waals surface area contributed by atoms with Gasteiger partial charge in [0.05, 0.1) is 13.2 Å². The predicted molar refractivity (Wildman–Crippen MR) is 98.4 cm³/mol. The summed E-state index contributed by atoms with van der Waals surface area (Å²) in [7, 11) is 1.25. The van der Waals surface area contributed by atoms with Crippen molar-refractivity contribution in [2.24, 2.45) is 5.73 Å². The summed E-state index contributed by atoms with van der Waals surface area (Å²) in [5.41, 5.74) is 10.2. The van der Waals surface area contributed by atoms with Gasteiger partial charge in [0.2, 0.25) is 5.91 Å². The highest BCUT2D eigenvalue weighted by Gasteiger charge is 2.28. The Balaban J connectivity index is 1.69. The maximum atomic E-state index is 12.8. The van der Waals surface area contributed by atoms with Crippen molar-refractivity contribution in [3.63, 3.8) is 0 Å². The molecule has 2 aromatic carbocycles. The molecule has 1 heterocycles. The zero-order valence-electron chi connectivity index (χ0n) is 14.9. The minimum absolute atomic E-state index is 0.0794. The number of carbonyl (C=O) groups is 2. The van der Waals surface area contributed by atoms with Crippen molar-refractivity contribution < 1.29 is 19.1 Å². The number of hydrogen-bond donors (Lipinski definition) is 1. The normalized spacial score (nSPS) is 13.9. The molecular weight excluding hydrogens is 332 g/mol. The van der Waals surface area contributed by atoms with Crippen LogP contribution < -0.4 is 15.4 Å². The lowest BCUT2D eigenvalue weighted by Gasteiger charge is -2.22. The number of para-hydroxylation sites is 1. The third-order valence-electron chi connectivity index (χ3n) is 4.59. The molecule has 1 aliphatic rings. The van der Waals surface area contributed by atoms with E-state index in [9.17, 15) is 9.59 Å². The van der Waals surface area contributed by atoms with Crippen LogP contribution in [0.3, 0.4) is 0 Å². The van der Waals surface area contributed by atoms with Crippen molar-refractivity contribution in [2.75, 3.05) is 18.6 Å². The molecule has 0 radical (unpaired) electrons. The van der Waals surface area contributed by atoms with E-state index < -0.39 is 12.2 Å². The summed E-state index contributed by atoms with van der Waals surface area (Å²) in [5, 5.41) is 0. The highest BCUT2D eigenvalue weighted by Crippen LogP contribution is 2.28. The zero-order chi connectivity index (χ0) is 18.7. The van der Waals surface area contributed by atoms with E-state index >= 15 is 0 Å². The third kappa shape index (κ3) is 3.70. The number of carbonyl (C=O) groups excluding carboxylic acids is 2. The maximum absolute atomic E-state index is 12.8. The molecule has 0 saturated heterocycles. The monoisotopic (exact) mass is 354 g/mol. The number of rotatable bonds is 4. The summed E-state index contributed by atoms with van der Waals surface area (Å²) in [6.45, 7) is 2.55. The first-order valence-electron chi connectivity index (χ1n) is 8.50. The van der Waals surface area contributed by atoms with Gasteiger partial charge in [-0.3, -0.25) is 4.79 Å². The third-order valence-corrected chi connectivity index (χ3v) is 4.59. The molecular formula is C20H22N2O4. The van der Waals surface area contributed by atoms with Crippen LogP contribution in [0.2, 0.25) is 0 Å². The molecule has 6 heteroatoms. The first-order chi connectivity index (χ1) is 12.5. The molecule has 0 spiro atoms. The smallest absolute Gasteiger partial charge is 0.437 e. The van der Waals surface area contributed by atoms with E-state index in [2.05, 4.69) is 4.74 Å². The summed E-state index contributed by atoms with van der Waals surface area (Å²) in [5.74, 6) is 0.315. The highest BCUT2D eigenvalue weighted by molar-refractivity contribution is 5.99. The molecule has 1 aliphatic heterocycles. The van der Waals surface area contributed by atoms with Gasteiger partial charge >= 0.3 is 6.16 Å². The summed E-state index contributed by atoms with van der Waals surface area (Å²) in [6, 6.07) is 12.5. The standard InChI is InChI=1S/C20H22N2O4/c1-13-11-16(26-20(24)25-2)8-7-15(13)12-17(21)19(23)22-10-9-14-5-3-4-6-18(14)22/h3-8,11,17H,9-10,12,21H2,1-2H3/t17-/m1/s1. The zero-order valence-corrected chi connectivity index (χ0v) is 14.9. The first-order valence-corrected chi connectivity index (χ1v) is 8.50. The lowest BCUT2D eigenvalue weighted by molar-refractivity contribution is -0.119. The fraction of sp³-hybridized carbons (Fsp3) is 0.300. The molecule has 6 nitrogen and oxygen atoms in total. The van der Waals surface area contributed by atoms with Crippen LogP contribution in [-0.4, -0.2) is 31.8 Å². The summed E-state index contributed by atoms with van der Waals surface area (Å²) >= 11 is 0. The quantitative estimate of drug-likeness (QED) is 0.674. The fourth-order valence-corrected chi connectivity index (χ4v) is 3.19. The number of fused-ring (bicyclic) bond motifs is 1. The van der Waals surface area contributed by atoms with Gasteiger partial charge in [0.1, 0.15) is 5.75 Å². The number of anilines is 1. The lowest BCUT2D eigenvalue weighted by atomic mass is 10.0. The van der Waals surface area contributed by atoms with Gasteiger partial charge in [-0.1, -0.05) is 24.3 Å². The molecule has 0 aromatic heterocycles. The number of aryl methyl sites for hydroxylation is 1. The molecule has 26 heavy (non-hydrogen) atoms. The molecule has 0 fully saturated rings. The molecule has 0 saturated carbocycles. The summed E-state index contributed by atoms with van der Waals surface area (Å²) in [6.07, 6.45) is 0.506. The Morgan fingerprint density at radius 3 is 2.73 bits per heavy atom. The molecule has 136 valence electrons. The molecule has 0 bridgehead atoms. The Kier molecular flexibility index (Phi) is 5.23.